The molecule has 3 N–H and O–H groups in total. The van der Waals surface area contributed by atoms with Gasteiger partial charge in [0.2, 0.25) is 23.6 Å². The van der Waals surface area contributed by atoms with Crippen molar-refractivity contribution in [2.24, 2.45) is 15.8 Å². The van der Waals surface area contributed by atoms with Crippen molar-refractivity contribution in [3.05, 3.63) is 104 Å². The fourth-order valence-corrected chi connectivity index (χ4v) is 14.3. The second-order valence-corrected chi connectivity index (χ2v) is 25.6. The average Bonchev–Trinajstić information content (AvgIpc) is 4.12. The normalized spacial score (nSPS) is 23.6. The largest absolute Gasteiger partial charge is 0.391 e. The molecule has 0 radical (unpaired) electrons. The van der Waals surface area contributed by atoms with Gasteiger partial charge in [-0.15, -0.1) is 32.9 Å². The number of aliphatic hydroxyl groups excluding tert-OH is 1. The molecule has 2 aromatic carbocycles. The van der Waals surface area contributed by atoms with Crippen molar-refractivity contribution >= 4 is 63.6 Å². The topological polar surface area (TPSA) is 181 Å². The Morgan fingerprint density at radius 2 is 1.60 bits per heavy atom. The number of benzene rings is 2. The van der Waals surface area contributed by atoms with Gasteiger partial charge in [0.1, 0.15) is 29.0 Å². The summed E-state index contributed by atoms with van der Waals surface area (Å²) in [6, 6.07) is 13.8. The monoisotopic (exact) mass is 1080 g/mol. The van der Waals surface area contributed by atoms with Crippen LogP contribution in [0.5, 0.6) is 0 Å². The molecule has 7 atom stereocenters. The van der Waals surface area contributed by atoms with Crippen molar-refractivity contribution in [3.8, 4) is 15.4 Å². The van der Waals surface area contributed by atoms with E-state index in [1.54, 1.807) is 22.7 Å². The van der Waals surface area contributed by atoms with Gasteiger partial charge in [-0.05, 0) is 95.5 Å². The van der Waals surface area contributed by atoms with Gasteiger partial charge >= 0.3 is 0 Å². The molecular formula is C56H70ClN11O5S2. The number of aliphatic imine (C=N–C) groups is 1. The SMILES string of the molecule is Cc1ncsc1-c1ccc(C(C)NC(=O)[C@@H]2C[C@@H](O)CN2C(=O)[C@@H](NC(=O)CN2C[C@H](C)N(C3CC4(C3)CN(C(=O)C[C@@H]3N=C(c5ccc(Cl)cc5)c5c(sc(C)c5C)-n5c(C)nnc53)C4)C[C@H]2C)C(C)(C)C)cc1. The smallest absolute Gasteiger partial charge is 0.246 e. The highest BCUT2D eigenvalue weighted by Gasteiger charge is 2.56. The molecule has 4 amide bonds. The molecule has 1 spiro atoms. The number of nitrogens with zero attached hydrogens (tertiary/aromatic N) is 9. The van der Waals surface area contributed by atoms with E-state index in [-0.39, 0.29) is 73.1 Å². The van der Waals surface area contributed by atoms with Crippen LogP contribution in [0.1, 0.15) is 124 Å². The number of likely N-dealkylation sites (tertiary alicyclic amines) is 2. The van der Waals surface area contributed by atoms with Gasteiger partial charge in [-0.1, -0.05) is 68.8 Å². The van der Waals surface area contributed by atoms with Crippen LogP contribution in [0.15, 0.2) is 59.0 Å². The van der Waals surface area contributed by atoms with Crippen molar-refractivity contribution in [1.82, 2.24) is 50.0 Å². The van der Waals surface area contributed by atoms with E-state index in [1.807, 2.05) is 100 Å². The predicted octanol–water partition coefficient (Wildman–Crippen LogP) is 7.38. The zero-order chi connectivity index (χ0) is 53.4. The molecule has 1 unspecified atom stereocenters. The Balaban J connectivity index is 0.722. The van der Waals surface area contributed by atoms with Crippen molar-refractivity contribution in [2.45, 2.75) is 143 Å². The fourth-order valence-electron chi connectivity index (χ4n) is 12.2. The first kappa shape index (κ1) is 53.0. The number of thiophene rings is 1. The summed E-state index contributed by atoms with van der Waals surface area (Å²) in [4.78, 5) is 76.7. The lowest BCUT2D eigenvalue weighted by molar-refractivity contribution is -0.162. The van der Waals surface area contributed by atoms with Gasteiger partial charge in [-0.25, -0.2) is 4.98 Å². The number of hydrogen-bond acceptors (Lipinski definition) is 13. The van der Waals surface area contributed by atoms with E-state index in [0.717, 1.165) is 87.4 Å². The number of aromatic nitrogens is 4. The molecule has 1 aliphatic carbocycles. The number of aryl methyl sites for hydroxylation is 3. The van der Waals surface area contributed by atoms with E-state index in [1.165, 1.54) is 9.78 Å². The number of carbonyl (C=O) groups excluding carboxylic acids is 4. The highest BCUT2D eigenvalue weighted by atomic mass is 35.5. The molecule has 5 aromatic rings. The van der Waals surface area contributed by atoms with E-state index in [2.05, 4.69) is 67.9 Å². The predicted molar refractivity (Wildman–Crippen MR) is 293 cm³/mol. The Morgan fingerprint density at radius 1 is 0.907 bits per heavy atom. The van der Waals surface area contributed by atoms with Gasteiger partial charge in [-0.3, -0.25) is 38.5 Å². The summed E-state index contributed by atoms with van der Waals surface area (Å²) < 4.78 is 2.09. The Bertz CT molecular complexity index is 3020. The summed E-state index contributed by atoms with van der Waals surface area (Å²) in [5.74, 6) is 0.532. The minimum atomic E-state index is -0.918. The van der Waals surface area contributed by atoms with Gasteiger partial charge in [0.15, 0.2) is 5.82 Å². The molecule has 1 saturated carbocycles. The number of aliphatic hydroxyl groups is 1. The van der Waals surface area contributed by atoms with Crippen LogP contribution in [-0.2, 0) is 19.2 Å². The fraction of sp³-hybridized carbons (Fsp3) is 0.536. The number of nitrogens with one attached hydrogen (secondary N) is 2. The third kappa shape index (κ3) is 10.3. The third-order valence-electron chi connectivity index (χ3n) is 16.5. The molecule has 10 rings (SSSR count). The minimum Gasteiger partial charge on any atom is -0.391 e. The summed E-state index contributed by atoms with van der Waals surface area (Å²) in [6.45, 7) is 23.3. The summed E-state index contributed by atoms with van der Waals surface area (Å²) in [7, 11) is 0. The van der Waals surface area contributed by atoms with Crippen LogP contribution >= 0.6 is 34.3 Å². The maximum Gasteiger partial charge on any atom is 0.246 e. The van der Waals surface area contributed by atoms with Crippen molar-refractivity contribution in [1.29, 1.82) is 0 Å². The number of fused-ring (bicyclic) bond motifs is 3. The van der Waals surface area contributed by atoms with Crippen LogP contribution < -0.4 is 10.6 Å². The second-order valence-electron chi connectivity index (χ2n) is 23.1. The molecule has 5 aliphatic rings. The van der Waals surface area contributed by atoms with E-state index in [9.17, 15) is 24.3 Å². The maximum atomic E-state index is 14.5. The molecule has 75 heavy (non-hydrogen) atoms. The number of halogens is 1. The number of amides is 4. The molecule has 3 aromatic heterocycles. The number of carbonyl (C=O) groups is 4. The quantitative estimate of drug-likeness (QED) is 0.114. The first-order valence-corrected chi connectivity index (χ1v) is 28.4. The van der Waals surface area contributed by atoms with E-state index >= 15 is 0 Å². The van der Waals surface area contributed by atoms with E-state index in [0.29, 0.717) is 23.4 Å². The molecule has 0 bridgehead atoms. The number of rotatable bonds is 12. The molecule has 7 heterocycles. The molecule has 3 saturated heterocycles. The standard InChI is InChI=1S/C56H70ClN11O5S2/c1-30-24-66(41-21-56(22-41)27-65(28-56)46(71)20-43-51-63-62-36(7)68(51)54-47(32(3)35(6)75-54)48(60-43)38-15-17-40(57)18-16-38)31(2)23-64(30)26-45(70)61-50(55(8,9)10)53(73)67-25-42(69)19-44(67)52(72)59-33(4)37-11-13-39(14-12-37)49-34(5)58-29-74-49/h11-18,29-31,33,41-44,50,69H,19-28H2,1-10H3,(H,59,72)(H,61,70)/t30-,31+,33?,42-,43+,44+,50-/m1/s1. The summed E-state index contributed by atoms with van der Waals surface area (Å²) in [5.41, 5.74) is 8.17. The summed E-state index contributed by atoms with van der Waals surface area (Å²) in [6.07, 6.45) is 1.47. The Kier molecular flexibility index (Phi) is 14.5. The zero-order valence-electron chi connectivity index (χ0n) is 44.7. The number of β-amino-alcohol motifs (C(OH)–C–C–N with tert-alkyl or cyclic N) is 1. The summed E-state index contributed by atoms with van der Waals surface area (Å²) >= 11 is 9.60. The highest BCUT2D eigenvalue weighted by molar-refractivity contribution is 7.15. The van der Waals surface area contributed by atoms with Crippen LogP contribution in [0.4, 0.5) is 0 Å². The van der Waals surface area contributed by atoms with Crippen LogP contribution in [0, 0.1) is 38.5 Å². The number of piperazine rings is 1. The van der Waals surface area contributed by atoms with Crippen LogP contribution in [0.2, 0.25) is 5.02 Å². The van der Waals surface area contributed by atoms with Crippen molar-refractivity contribution in [3.63, 3.8) is 0 Å². The Morgan fingerprint density at radius 3 is 2.27 bits per heavy atom. The zero-order valence-corrected chi connectivity index (χ0v) is 47.1. The minimum absolute atomic E-state index is 0.00700. The van der Waals surface area contributed by atoms with Crippen LogP contribution in [-0.4, -0.2) is 149 Å². The number of hydrogen-bond donors (Lipinski definition) is 3. The van der Waals surface area contributed by atoms with Gasteiger partial charge in [0.25, 0.3) is 0 Å². The van der Waals surface area contributed by atoms with Crippen molar-refractivity contribution in [2.75, 3.05) is 39.3 Å². The van der Waals surface area contributed by atoms with Crippen LogP contribution in [0.3, 0.4) is 0 Å². The van der Waals surface area contributed by atoms with Gasteiger partial charge in [-0.2, -0.15) is 0 Å². The first-order chi connectivity index (χ1) is 35.6. The Labute approximate surface area is 453 Å². The molecular weight excluding hydrogens is 1010 g/mol. The van der Waals surface area contributed by atoms with E-state index in [4.69, 9.17) is 16.6 Å². The lowest BCUT2D eigenvalue weighted by atomic mass is 9.60. The maximum absolute atomic E-state index is 14.5. The van der Waals surface area contributed by atoms with Crippen LogP contribution in [0.25, 0.3) is 15.4 Å². The highest BCUT2D eigenvalue weighted by Crippen LogP contribution is 2.52. The lowest BCUT2D eigenvalue weighted by Gasteiger charge is -2.63. The average molecular weight is 1080 g/mol. The molecule has 19 heteroatoms. The first-order valence-electron chi connectivity index (χ1n) is 26.3. The lowest BCUT2D eigenvalue weighted by Crippen LogP contribution is -2.70. The molecule has 4 aliphatic heterocycles. The molecule has 398 valence electrons. The summed E-state index contributed by atoms with van der Waals surface area (Å²) in [5, 5.41) is 27.7. The third-order valence-corrected chi connectivity index (χ3v) is 18.9. The molecule has 16 nitrogen and oxygen atoms in total. The second kappa shape index (κ2) is 20.5. The van der Waals surface area contributed by atoms with E-state index < -0.39 is 29.6 Å². The van der Waals surface area contributed by atoms with Gasteiger partial charge in [0, 0.05) is 83.7 Å². The van der Waals surface area contributed by atoms with Gasteiger partial charge < -0.3 is 25.5 Å². The Hall–Kier alpha value is -5.37. The van der Waals surface area contributed by atoms with Crippen molar-refractivity contribution < 1.29 is 24.3 Å². The van der Waals surface area contributed by atoms with Gasteiger partial charge in [0.05, 0.1) is 46.9 Å². The molecule has 4 fully saturated rings. The number of thiazole rings is 1.